The van der Waals surface area contributed by atoms with Crippen LogP contribution in [0.2, 0.25) is 0 Å². The van der Waals surface area contributed by atoms with Crippen LogP contribution in [0.25, 0.3) is 11.1 Å². The number of hydrogen-bond donors (Lipinski definition) is 2. The Balaban J connectivity index is 1.91. The maximum absolute atomic E-state index is 4.10. The lowest BCUT2D eigenvalue weighted by Gasteiger charge is -2.18. The van der Waals surface area contributed by atoms with Gasteiger partial charge in [-0.1, -0.05) is 54.6 Å². The van der Waals surface area contributed by atoms with Crippen LogP contribution in [-0.4, -0.2) is 23.8 Å². The van der Waals surface area contributed by atoms with Crippen molar-refractivity contribution >= 4 is 0 Å². The summed E-state index contributed by atoms with van der Waals surface area (Å²) in [5.41, 5.74) is 6.12. The predicted octanol–water partition coefficient (Wildman–Crippen LogP) is 3.74. The first-order valence-electron chi connectivity index (χ1n) is 7.59. The first kappa shape index (κ1) is 14.5. The molecule has 0 radical (unpaired) electrons. The van der Waals surface area contributed by atoms with Gasteiger partial charge in [0.1, 0.15) is 0 Å². The van der Waals surface area contributed by atoms with E-state index in [4.69, 9.17) is 0 Å². The number of nitrogens with zero attached hydrogens (tertiary/aromatic N) is 1. The van der Waals surface area contributed by atoms with Gasteiger partial charge in [0, 0.05) is 23.7 Å². The third-order valence-electron chi connectivity index (χ3n) is 4.06. The Morgan fingerprint density at radius 3 is 2.27 bits per heavy atom. The first-order valence-corrected chi connectivity index (χ1v) is 7.59. The van der Waals surface area contributed by atoms with E-state index in [1.165, 1.54) is 16.7 Å². The summed E-state index contributed by atoms with van der Waals surface area (Å²) in [6.45, 7) is 2.97. The second kappa shape index (κ2) is 6.58. The Morgan fingerprint density at radius 2 is 1.68 bits per heavy atom. The van der Waals surface area contributed by atoms with Crippen molar-refractivity contribution in [2.75, 3.05) is 13.6 Å². The summed E-state index contributed by atoms with van der Waals surface area (Å²) in [4.78, 5) is 0. The zero-order valence-electron chi connectivity index (χ0n) is 13.0. The normalized spacial score (nSPS) is 12.3. The molecular formula is C19H21N3. The van der Waals surface area contributed by atoms with E-state index in [9.17, 15) is 0 Å². The number of rotatable bonds is 5. The number of hydrogen-bond acceptors (Lipinski definition) is 2. The number of nitrogens with one attached hydrogen (secondary N) is 2. The number of H-pyrrole nitrogens is 1. The molecule has 1 atom stereocenters. The number of aryl methyl sites for hydroxylation is 1. The maximum atomic E-state index is 4.10. The third kappa shape index (κ3) is 2.95. The van der Waals surface area contributed by atoms with E-state index in [1.54, 1.807) is 0 Å². The standard InChI is InChI=1S/C19H21N3/c1-14-18(13-21-22-14)16-8-10-17(11-9-16)19(12-20-2)15-6-4-3-5-7-15/h3-11,13,19-20H,12H2,1-2H3,(H,21,22)/t19-/m0/s1. The molecule has 22 heavy (non-hydrogen) atoms. The second-order valence-corrected chi connectivity index (χ2v) is 5.55. The molecule has 1 heterocycles. The highest BCUT2D eigenvalue weighted by molar-refractivity contribution is 5.65. The van der Waals surface area contributed by atoms with Gasteiger partial charge in [-0.2, -0.15) is 5.10 Å². The molecule has 3 aromatic rings. The molecule has 0 amide bonds. The summed E-state index contributed by atoms with van der Waals surface area (Å²) in [6.07, 6.45) is 1.88. The van der Waals surface area contributed by atoms with Crippen LogP contribution < -0.4 is 5.32 Å². The Kier molecular flexibility index (Phi) is 4.35. The van der Waals surface area contributed by atoms with Crippen molar-refractivity contribution in [1.82, 2.24) is 15.5 Å². The van der Waals surface area contributed by atoms with Crippen molar-refractivity contribution in [2.45, 2.75) is 12.8 Å². The number of aromatic amines is 1. The average Bonchev–Trinajstić information content (AvgIpc) is 3.00. The molecule has 2 aromatic carbocycles. The Labute approximate surface area is 131 Å². The SMILES string of the molecule is CNC[C@@H](c1ccccc1)c1ccc(-c2cn[nH]c2C)cc1. The zero-order chi connectivity index (χ0) is 15.4. The van der Waals surface area contributed by atoms with Gasteiger partial charge in [0.2, 0.25) is 0 Å². The highest BCUT2D eigenvalue weighted by Gasteiger charge is 2.13. The van der Waals surface area contributed by atoms with Crippen LogP contribution in [0.15, 0.2) is 60.8 Å². The molecule has 0 aliphatic carbocycles. The smallest absolute Gasteiger partial charge is 0.0568 e. The molecule has 0 fully saturated rings. The van der Waals surface area contributed by atoms with Crippen LogP contribution in [0.3, 0.4) is 0 Å². The quantitative estimate of drug-likeness (QED) is 0.752. The fraction of sp³-hybridized carbons (Fsp3) is 0.211. The van der Waals surface area contributed by atoms with Gasteiger partial charge in [-0.25, -0.2) is 0 Å². The molecule has 0 bridgehead atoms. The summed E-state index contributed by atoms with van der Waals surface area (Å²) in [5.74, 6) is 0.366. The molecule has 0 aliphatic rings. The van der Waals surface area contributed by atoms with Crippen LogP contribution >= 0.6 is 0 Å². The molecule has 0 spiro atoms. The van der Waals surface area contributed by atoms with Gasteiger partial charge in [-0.05, 0) is 30.7 Å². The summed E-state index contributed by atoms with van der Waals surface area (Å²) in [5, 5.41) is 10.4. The largest absolute Gasteiger partial charge is 0.319 e. The molecule has 3 nitrogen and oxygen atoms in total. The van der Waals surface area contributed by atoms with Gasteiger partial charge in [0.15, 0.2) is 0 Å². The van der Waals surface area contributed by atoms with Crippen LogP contribution in [-0.2, 0) is 0 Å². The monoisotopic (exact) mass is 291 g/mol. The van der Waals surface area contributed by atoms with Crippen molar-refractivity contribution in [3.63, 3.8) is 0 Å². The lowest BCUT2D eigenvalue weighted by Crippen LogP contribution is -2.18. The molecule has 0 saturated carbocycles. The minimum atomic E-state index is 0.366. The molecule has 112 valence electrons. The van der Waals surface area contributed by atoms with Crippen LogP contribution in [0.4, 0.5) is 0 Å². The summed E-state index contributed by atoms with van der Waals surface area (Å²) in [6, 6.07) is 19.4. The number of aromatic nitrogens is 2. The Bertz CT molecular complexity index is 714. The summed E-state index contributed by atoms with van der Waals surface area (Å²) >= 11 is 0. The molecular weight excluding hydrogens is 270 g/mol. The number of benzene rings is 2. The van der Waals surface area contributed by atoms with E-state index in [0.717, 1.165) is 17.8 Å². The zero-order valence-corrected chi connectivity index (χ0v) is 13.0. The van der Waals surface area contributed by atoms with Gasteiger partial charge >= 0.3 is 0 Å². The van der Waals surface area contributed by atoms with Gasteiger partial charge in [-0.3, -0.25) is 5.10 Å². The van der Waals surface area contributed by atoms with E-state index < -0.39 is 0 Å². The highest BCUT2D eigenvalue weighted by atomic mass is 15.1. The van der Waals surface area contributed by atoms with Crippen molar-refractivity contribution in [1.29, 1.82) is 0 Å². The Hall–Kier alpha value is -2.39. The molecule has 0 aliphatic heterocycles. The van der Waals surface area contributed by atoms with Crippen LogP contribution in [0, 0.1) is 6.92 Å². The summed E-state index contributed by atoms with van der Waals surface area (Å²) < 4.78 is 0. The molecule has 0 saturated heterocycles. The van der Waals surface area contributed by atoms with E-state index in [2.05, 4.69) is 70.1 Å². The van der Waals surface area contributed by atoms with E-state index in [1.807, 2.05) is 20.2 Å². The molecule has 2 N–H and O–H groups in total. The van der Waals surface area contributed by atoms with Crippen LogP contribution in [0.5, 0.6) is 0 Å². The number of likely N-dealkylation sites (N-methyl/N-ethyl adjacent to an activating group) is 1. The van der Waals surface area contributed by atoms with Gasteiger partial charge in [0.05, 0.1) is 6.20 Å². The fourth-order valence-corrected chi connectivity index (χ4v) is 2.85. The Morgan fingerprint density at radius 1 is 1.00 bits per heavy atom. The minimum Gasteiger partial charge on any atom is -0.319 e. The second-order valence-electron chi connectivity index (χ2n) is 5.55. The van der Waals surface area contributed by atoms with Gasteiger partial charge < -0.3 is 5.32 Å². The van der Waals surface area contributed by atoms with Crippen molar-refractivity contribution in [2.24, 2.45) is 0 Å². The van der Waals surface area contributed by atoms with Gasteiger partial charge in [0.25, 0.3) is 0 Å². The first-order chi connectivity index (χ1) is 10.8. The predicted molar refractivity (Wildman–Crippen MR) is 91.0 cm³/mol. The average molecular weight is 291 g/mol. The molecule has 0 unspecified atom stereocenters. The lowest BCUT2D eigenvalue weighted by molar-refractivity contribution is 0.708. The lowest BCUT2D eigenvalue weighted by atomic mass is 9.90. The van der Waals surface area contributed by atoms with Crippen molar-refractivity contribution in [3.8, 4) is 11.1 Å². The highest BCUT2D eigenvalue weighted by Crippen LogP contribution is 2.27. The fourth-order valence-electron chi connectivity index (χ4n) is 2.85. The topological polar surface area (TPSA) is 40.7 Å². The molecule has 3 heteroatoms. The minimum absolute atomic E-state index is 0.366. The molecule has 1 aromatic heterocycles. The van der Waals surface area contributed by atoms with Crippen molar-refractivity contribution < 1.29 is 0 Å². The van der Waals surface area contributed by atoms with E-state index >= 15 is 0 Å². The van der Waals surface area contributed by atoms with Gasteiger partial charge in [-0.15, -0.1) is 0 Å². The van der Waals surface area contributed by atoms with E-state index in [-0.39, 0.29) is 0 Å². The summed E-state index contributed by atoms with van der Waals surface area (Å²) in [7, 11) is 2.00. The van der Waals surface area contributed by atoms with Crippen LogP contribution in [0.1, 0.15) is 22.7 Å². The third-order valence-corrected chi connectivity index (χ3v) is 4.06. The maximum Gasteiger partial charge on any atom is 0.0568 e. The van der Waals surface area contributed by atoms with Crippen molar-refractivity contribution in [3.05, 3.63) is 77.6 Å². The molecule has 3 rings (SSSR count). The van der Waals surface area contributed by atoms with E-state index in [0.29, 0.717) is 5.92 Å².